The van der Waals surface area contributed by atoms with E-state index in [0.29, 0.717) is 6.42 Å². The zero-order valence-electron chi connectivity index (χ0n) is 7.86. The van der Waals surface area contributed by atoms with Crippen molar-refractivity contribution in [2.45, 2.75) is 25.8 Å². The fourth-order valence-electron chi connectivity index (χ4n) is 1.63. The van der Waals surface area contributed by atoms with E-state index >= 15 is 0 Å². The van der Waals surface area contributed by atoms with Gasteiger partial charge in [0.25, 0.3) is 0 Å². The summed E-state index contributed by atoms with van der Waals surface area (Å²) in [7, 11) is 0. The smallest absolute Gasteiger partial charge is 0.405 e. The second-order valence-corrected chi connectivity index (χ2v) is 3.47. The van der Waals surface area contributed by atoms with Crippen LogP contribution in [0.15, 0.2) is 11.6 Å². The molecule has 3 N–H and O–H groups in total. The number of nitrogens with one attached hydrogen (secondary N) is 1. The van der Waals surface area contributed by atoms with Crippen molar-refractivity contribution in [2.75, 3.05) is 0 Å². The topological polar surface area (TPSA) is 86.6 Å². The predicted octanol–water partition coefficient (Wildman–Crippen LogP) is 1.06. The van der Waals surface area contributed by atoms with Gasteiger partial charge in [-0.15, -0.1) is 0 Å². The molecule has 5 heteroatoms. The van der Waals surface area contributed by atoms with Crippen LogP contribution in [0.25, 0.3) is 0 Å². The lowest BCUT2D eigenvalue weighted by Gasteiger charge is -2.26. The van der Waals surface area contributed by atoms with E-state index in [1.807, 2.05) is 6.92 Å². The van der Waals surface area contributed by atoms with Crippen LogP contribution < -0.4 is 5.32 Å². The molecular formula is C9H13NO4. The number of rotatable bonds is 2. The van der Waals surface area contributed by atoms with Crippen LogP contribution in [0.2, 0.25) is 0 Å². The van der Waals surface area contributed by atoms with Crippen LogP contribution in [0.3, 0.4) is 0 Å². The van der Waals surface area contributed by atoms with Gasteiger partial charge in [-0.2, -0.15) is 0 Å². The maximum absolute atomic E-state index is 10.8. The zero-order valence-corrected chi connectivity index (χ0v) is 7.86. The Morgan fingerprint density at radius 1 is 1.50 bits per heavy atom. The molecule has 0 bridgehead atoms. The molecule has 0 saturated heterocycles. The van der Waals surface area contributed by atoms with Crippen LogP contribution in [0.5, 0.6) is 0 Å². The Morgan fingerprint density at radius 2 is 2.14 bits per heavy atom. The van der Waals surface area contributed by atoms with E-state index in [1.165, 1.54) is 0 Å². The minimum atomic E-state index is -1.19. The normalized spacial score (nSPS) is 26.5. The molecule has 5 nitrogen and oxygen atoms in total. The van der Waals surface area contributed by atoms with Gasteiger partial charge >= 0.3 is 12.1 Å². The van der Waals surface area contributed by atoms with Crippen molar-refractivity contribution >= 4 is 12.1 Å². The van der Waals surface area contributed by atoms with Gasteiger partial charge in [-0.05, 0) is 19.8 Å². The van der Waals surface area contributed by atoms with Gasteiger partial charge in [-0.1, -0.05) is 11.6 Å². The first kappa shape index (κ1) is 10.6. The standard InChI is InChI=1S/C9H13NO4/c1-5-2-3-6(8(11)12)7(4-5)10-9(13)14/h4,6-7,10H,2-3H2,1H3,(H,11,12)(H,13,14). The largest absolute Gasteiger partial charge is 0.481 e. The summed E-state index contributed by atoms with van der Waals surface area (Å²) in [6.45, 7) is 1.87. The molecule has 0 aliphatic heterocycles. The molecule has 0 radical (unpaired) electrons. The van der Waals surface area contributed by atoms with Gasteiger partial charge in [0, 0.05) is 0 Å². The second kappa shape index (κ2) is 4.13. The van der Waals surface area contributed by atoms with E-state index in [4.69, 9.17) is 10.2 Å². The molecule has 2 unspecified atom stereocenters. The summed E-state index contributed by atoms with van der Waals surface area (Å²) < 4.78 is 0. The van der Waals surface area contributed by atoms with Gasteiger partial charge in [-0.3, -0.25) is 4.79 Å². The quantitative estimate of drug-likeness (QED) is 0.580. The number of allylic oxidation sites excluding steroid dienone is 1. The summed E-state index contributed by atoms with van der Waals surface area (Å²) in [4.78, 5) is 21.2. The molecule has 78 valence electrons. The number of carbonyl (C=O) groups is 2. The van der Waals surface area contributed by atoms with Crippen LogP contribution in [-0.2, 0) is 4.79 Å². The number of hydrogen-bond donors (Lipinski definition) is 3. The Balaban J connectivity index is 2.77. The molecule has 2 atom stereocenters. The highest BCUT2D eigenvalue weighted by molar-refractivity contribution is 5.74. The summed E-state index contributed by atoms with van der Waals surface area (Å²) in [6, 6.07) is -0.598. The number of hydrogen-bond acceptors (Lipinski definition) is 2. The predicted molar refractivity (Wildman–Crippen MR) is 49.1 cm³/mol. The van der Waals surface area contributed by atoms with Gasteiger partial charge < -0.3 is 15.5 Å². The average molecular weight is 199 g/mol. The highest BCUT2D eigenvalue weighted by Crippen LogP contribution is 2.23. The highest BCUT2D eigenvalue weighted by atomic mass is 16.4. The fourth-order valence-corrected chi connectivity index (χ4v) is 1.63. The number of aliphatic carboxylic acids is 1. The lowest BCUT2D eigenvalue weighted by molar-refractivity contribution is -0.142. The molecule has 14 heavy (non-hydrogen) atoms. The third-order valence-corrected chi connectivity index (χ3v) is 2.35. The van der Waals surface area contributed by atoms with Crippen molar-refractivity contribution in [3.63, 3.8) is 0 Å². The highest BCUT2D eigenvalue weighted by Gasteiger charge is 2.30. The molecule has 0 aromatic carbocycles. The van der Waals surface area contributed by atoms with E-state index in [2.05, 4.69) is 5.32 Å². The molecule has 0 fully saturated rings. The molecule has 1 aliphatic rings. The van der Waals surface area contributed by atoms with E-state index in [9.17, 15) is 9.59 Å². The van der Waals surface area contributed by atoms with E-state index in [0.717, 1.165) is 12.0 Å². The van der Waals surface area contributed by atoms with E-state index < -0.39 is 24.0 Å². The Morgan fingerprint density at radius 3 is 2.64 bits per heavy atom. The summed E-state index contributed by atoms with van der Waals surface area (Å²) in [6.07, 6.45) is 1.69. The van der Waals surface area contributed by atoms with E-state index in [-0.39, 0.29) is 0 Å². The van der Waals surface area contributed by atoms with Crippen LogP contribution >= 0.6 is 0 Å². The van der Waals surface area contributed by atoms with Crippen molar-refractivity contribution < 1.29 is 19.8 Å². The first-order valence-electron chi connectivity index (χ1n) is 4.40. The summed E-state index contributed by atoms with van der Waals surface area (Å²) in [5, 5.41) is 19.6. The van der Waals surface area contributed by atoms with Crippen molar-refractivity contribution in [1.29, 1.82) is 0 Å². The average Bonchev–Trinajstić information content (AvgIpc) is 2.01. The molecule has 0 aromatic rings. The van der Waals surface area contributed by atoms with Gasteiger partial charge in [0.15, 0.2) is 0 Å². The molecule has 0 spiro atoms. The van der Waals surface area contributed by atoms with Crippen LogP contribution in [-0.4, -0.2) is 28.3 Å². The number of carboxylic acid groups (broad SMARTS) is 2. The SMILES string of the molecule is CC1=CC(NC(=O)O)C(C(=O)O)CC1. The maximum Gasteiger partial charge on any atom is 0.405 e. The molecule has 1 aliphatic carbocycles. The van der Waals surface area contributed by atoms with Crippen LogP contribution in [0.1, 0.15) is 19.8 Å². The van der Waals surface area contributed by atoms with Crippen molar-refractivity contribution in [3.8, 4) is 0 Å². The van der Waals surface area contributed by atoms with Crippen LogP contribution in [0.4, 0.5) is 4.79 Å². The van der Waals surface area contributed by atoms with Crippen LogP contribution in [0, 0.1) is 5.92 Å². The van der Waals surface area contributed by atoms with Gasteiger partial charge in [0.1, 0.15) is 0 Å². The molecule has 0 heterocycles. The summed E-state index contributed by atoms with van der Waals surface area (Å²) in [5.74, 6) is -1.60. The van der Waals surface area contributed by atoms with Gasteiger partial charge in [0.05, 0.1) is 12.0 Å². The molecular weight excluding hydrogens is 186 g/mol. The summed E-state index contributed by atoms with van der Waals surface area (Å²) in [5.41, 5.74) is 1.03. The number of carboxylic acids is 1. The third-order valence-electron chi connectivity index (χ3n) is 2.35. The van der Waals surface area contributed by atoms with Crippen molar-refractivity contribution in [1.82, 2.24) is 5.32 Å². The third kappa shape index (κ3) is 2.48. The van der Waals surface area contributed by atoms with E-state index in [1.54, 1.807) is 6.08 Å². The number of amides is 1. The maximum atomic E-state index is 10.8. The molecule has 0 saturated carbocycles. The lowest BCUT2D eigenvalue weighted by Crippen LogP contribution is -2.43. The Kier molecular flexibility index (Phi) is 3.11. The minimum Gasteiger partial charge on any atom is -0.481 e. The zero-order chi connectivity index (χ0) is 10.7. The second-order valence-electron chi connectivity index (χ2n) is 3.47. The first-order valence-corrected chi connectivity index (χ1v) is 4.40. The lowest BCUT2D eigenvalue weighted by atomic mass is 9.86. The van der Waals surface area contributed by atoms with Crippen molar-refractivity contribution in [3.05, 3.63) is 11.6 Å². The molecule has 1 rings (SSSR count). The molecule has 1 amide bonds. The Labute approximate surface area is 81.4 Å². The van der Waals surface area contributed by atoms with Gasteiger partial charge in [0.2, 0.25) is 0 Å². The van der Waals surface area contributed by atoms with Crippen molar-refractivity contribution in [2.24, 2.45) is 5.92 Å². The van der Waals surface area contributed by atoms with Gasteiger partial charge in [-0.25, -0.2) is 4.79 Å². The molecule has 0 aromatic heterocycles. The Hall–Kier alpha value is -1.52. The Bertz CT molecular complexity index is 285. The monoisotopic (exact) mass is 199 g/mol. The summed E-state index contributed by atoms with van der Waals surface area (Å²) >= 11 is 0. The fraction of sp³-hybridized carbons (Fsp3) is 0.556. The minimum absolute atomic E-state index is 0.489. The first-order chi connectivity index (χ1) is 6.50.